The van der Waals surface area contributed by atoms with Gasteiger partial charge >= 0.3 is 0 Å². The van der Waals surface area contributed by atoms with Crippen LogP contribution in [0.1, 0.15) is 31.4 Å². The van der Waals surface area contributed by atoms with Crippen molar-refractivity contribution in [2.24, 2.45) is 5.73 Å². The third kappa shape index (κ3) is 2.83. The van der Waals surface area contributed by atoms with E-state index in [1.165, 1.54) is 0 Å². The highest BCUT2D eigenvalue weighted by Crippen LogP contribution is 2.41. The molecule has 1 aromatic rings. The fraction of sp³-hybridized carbons (Fsp3) is 0.600. The maximum atomic E-state index is 6.38. The number of hydrogen-bond donors (Lipinski definition) is 1. The molecule has 3 unspecified atom stereocenters. The summed E-state index contributed by atoms with van der Waals surface area (Å²) < 4.78 is 22.0. The Morgan fingerprint density at radius 1 is 1.10 bits per heavy atom. The Bertz CT molecular complexity index is 438. The van der Waals surface area contributed by atoms with Crippen molar-refractivity contribution < 1.29 is 18.9 Å². The van der Waals surface area contributed by atoms with Crippen molar-refractivity contribution >= 4 is 0 Å². The molecule has 2 rings (SSSR count). The maximum absolute atomic E-state index is 6.38. The number of hydrogen-bond acceptors (Lipinski definition) is 5. The molecule has 0 radical (unpaired) electrons. The highest BCUT2D eigenvalue weighted by molar-refractivity contribution is 5.52. The van der Waals surface area contributed by atoms with E-state index >= 15 is 0 Å². The van der Waals surface area contributed by atoms with E-state index in [9.17, 15) is 0 Å². The highest BCUT2D eigenvalue weighted by Gasteiger charge is 2.32. The lowest BCUT2D eigenvalue weighted by atomic mass is 9.97. The van der Waals surface area contributed by atoms with E-state index in [1.54, 1.807) is 21.3 Å². The Morgan fingerprint density at radius 3 is 2.10 bits per heavy atom. The molecule has 0 spiro atoms. The first-order valence-corrected chi connectivity index (χ1v) is 6.81. The zero-order valence-electron chi connectivity index (χ0n) is 12.5. The summed E-state index contributed by atoms with van der Waals surface area (Å²) in [6.45, 7) is 2.06. The Labute approximate surface area is 120 Å². The van der Waals surface area contributed by atoms with Crippen LogP contribution < -0.4 is 19.9 Å². The van der Waals surface area contributed by atoms with Crippen molar-refractivity contribution in [3.8, 4) is 17.2 Å². The van der Waals surface area contributed by atoms with E-state index in [0.717, 1.165) is 18.4 Å². The summed E-state index contributed by atoms with van der Waals surface area (Å²) in [7, 11) is 4.83. The van der Waals surface area contributed by atoms with Crippen LogP contribution in [0, 0.1) is 0 Å². The molecule has 1 aliphatic heterocycles. The predicted octanol–water partition coefficient (Wildman–Crippen LogP) is 2.28. The first-order valence-electron chi connectivity index (χ1n) is 6.81. The summed E-state index contributed by atoms with van der Waals surface area (Å²) in [5, 5.41) is 0. The van der Waals surface area contributed by atoms with Crippen LogP contribution >= 0.6 is 0 Å². The van der Waals surface area contributed by atoms with Crippen LogP contribution in [0.4, 0.5) is 0 Å². The quantitative estimate of drug-likeness (QED) is 0.897. The van der Waals surface area contributed by atoms with Crippen LogP contribution in [0.3, 0.4) is 0 Å². The van der Waals surface area contributed by atoms with Crippen LogP contribution in [0.5, 0.6) is 17.2 Å². The van der Waals surface area contributed by atoms with Gasteiger partial charge in [0.25, 0.3) is 0 Å². The van der Waals surface area contributed by atoms with Gasteiger partial charge in [0.05, 0.1) is 45.1 Å². The lowest BCUT2D eigenvalue weighted by Crippen LogP contribution is -2.27. The van der Waals surface area contributed by atoms with Crippen LogP contribution in [0.2, 0.25) is 0 Å². The molecule has 0 amide bonds. The third-order valence-electron chi connectivity index (χ3n) is 3.75. The van der Waals surface area contributed by atoms with Crippen LogP contribution in [-0.2, 0) is 4.74 Å². The zero-order valence-corrected chi connectivity index (χ0v) is 12.5. The van der Waals surface area contributed by atoms with Gasteiger partial charge in [-0.25, -0.2) is 0 Å². The SMILES string of the molecule is COc1cc(OC)c(C(N)C2CCC(C)O2)c(OC)c1. The molecule has 1 aromatic carbocycles. The molecule has 0 bridgehead atoms. The van der Waals surface area contributed by atoms with Crippen molar-refractivity contribution in [3.05, 3.63) is 17.7 Å². The number of rotatable bonds is 5. The zero-order chi connectivity index (χ0) is 14.7. The summed E-state index contributed by atoms with van der Waals surface area (Å²) in [4.78, 5) is 0. The van der Waals surface area contributed by atoms with Gasteiger partial charge in [0, 0.05) is 12.1 Å². The van der Waals surface area contributed by atoms with Gasteiger partial charge in [-0.05, 0) is 19.8 Å². The molecule has 1 heterocycles. The standard InChI is InChI=1S/C15H23NO4/c1-9-5-6-11(20-9)15(16)14-12(18-3)7-10(17-2)8-13(14)19-4/h7-9,11,15H,5-6,16H2,1-4H3. The molecular formula is C15H23NO4. The first kappa shape index (κ1) is 14.9. The minimum Gasteiger partial charge on any atom is -0.496 e. The van der Waals surface area contributed by atoms with Gasteiger partial charge in [-0.1, -0.05) is 0 Å². The van der Waals surface area contributed by atoms with Crippen molar-refractivity contribution in [1.29, 1.82) is 0 Å². The van der Waals surface area contributed by atoms with Crippen molar-refractivity contribution in [2.45, 2.75) is 38.0 Å². The van der Waals surface area contributed by atoms with Gasteiger partial charge in [0.1, 0.15) is 17.2 Å². The molecular weight excluding hydrogens is 258 g/mol. The van der Waals surface area contributed by atoms with E-state index < -0.39 is 0 Å². The summed E-state index contributed by atoms with van der Waals surface area (Å²) in [6, 6.07) is 3.35. The minimum atomic E-state index is -0.282. The number of ether oxygens (including phenoxy) is 4. The van der Waals surface area contributed by atoms with Crippen molar-refractivity contribution in [2.75, 3.05) is 21.3 Å². The average Bonchev–Trinajstić information content (AvgIpc) is 2.91. The van der Waals surface area contributed by atoms with Crippen LogP contribution in [0.15, 0.2) is 12.1 Å². The molecule has 1 saturated heterocycles. The number of benzene rings is 1. The molecule has 2 N–H and O–H groups in total. The van der Waals surface area contributed by atoms with Gasteiger partial charge in [0.15, 0.2) is 0 Å². The topological polar surface area (TPSA) is 62.9 Å². The Morgan fingerprint density at radius 2 is 1.70 bits per heavy atom. The Kier molecular flexibility index (Phi) is 4.73. The number of methoxy groups -OCH3 is 3. The number of nitrogens with two attached hydrogens (primary N) is 1. The second-order valence-corrected chi connectivity index (χ2v) is 5.03. The summed E-state index contributed by atoms with van der Waals surface area (Å²) in [5.41, 5.74) is 7.21. The Hall–Kier alpha value is -1.46. The monoisotopic (exact) mass is 281 g/mol. The summed E-state index contributed by atoms with van der Waals surface area (Å²) in [5.74, 6) is 2.00. The molecule has 5 heteroatoms. The first-order chi connectivity index (χ1) is 9.60. The second kappa shape index (κ2) is 6.33. The third-order valence-corrected chi connectivity index (χ3v) is 3.75. The smallest absolute Gasteiger partial charge is 0.131 e. The fourth-order valence-electron chi connectivity index (χ4n) is 2.64. The largest absolute Gasteiger partial charge is 0.496 e. The fourth-order valence-corrected chi connectivity index (χ4v) is 2.64. The summed E-state index contributed by atoms with van der Waals surface area (Å²) in [6.07, 6.45) is 2.21. The van der Waals surface area contributed by atoms with Gasteiger partial charge < -0.3 is 24.7 Å². The van der Waals surface area contributed by atoms with Gasteiger partial charge in [0.2, 0.25) is 0 Å². The molecule has 1 fully saturated rings. The predicted molar refractivity (Wildman–Crippen MR) is 76.6 cm³/mol. The second-order valence-electron chi connectivity index (χ2n) is 5.03. The Balaban J connectivity index is 2.38. The maximum Gasteiger partial charge on any atom is 0.131 e. The van der Waals surface area contributed by atoms with E-state index in [1.807, 2.05) is 12.1 Å². The molecule has 0 aromatic heterocycles. The van der Waals surface area contributed by atoms with E-state index in [-0.39, 0.29) is 18.2 Å². The average molecular weight is 281 g/mol. The molecule has 112 valence electrons. The van der Waals surface area contributed by atoms with Crippen LogP contribution in [-0.4, -0.2) is 33.5 Å². The summed E-state index contributed by atoms with van der Waals surface area (Å²) >= 11 is 0. The van der Waals surface area contributed by atoms with Crippen LogP contribution in [0.25, 0.3) is 0 Å². The minimum absolute atomic E-state index is 0.0128. The molecule has 1 aliphatic rings. The molecule has 0 saturated carbocycles. The van der Waals surface area contributed by atoms with E-state index in [4.69, 9.17) is 24.7 Å². The van der Waals surface area contributed by atoms with E-state index in [2.05, 4.69) is 6.92 Å². The molecule has 0 aliphatic carbocycles. The van der Waals surface area contributed by atoms with Gasteiger partial charge in [-0.2, -0.15) is 0 Å². The lowest BCUT2D eigenvalue weighted by Gasteiger charge is -2.24. The van der Waals surface area contributed by atoms with E-state index in [0.29, 0.717) is 17.2 Å². The lowest BCUT2D eigenvalue weighted by molar-refractivity contribution is 0.0391. The van der Waals surface area contributed by atoms with Gasteiger partial charge in [-0.3, -0.25) is 0 Å². The molecule has 3 atom stereocenters. The molecule has 20 heavy (non-hydrogen) atoms. The van der Waals surface area contributed by atoms with Crippen molar-refractivity contribution in [3.63, 3.8) is 0 Å². The normalized spacial score (nSPS) is 23.4. The molecule has 5 nitrogen and oxygen atoms in total. The van der Waals surface area contributed by atoms with Gasteiger partial charge in [-0.15, -0.1) is 0 Å². The highest BCUT2D eigenvalue weighted by atomic mass is 16.5. The van der Waals surface area contributed by atoms with Crippen molar-refractivity contribution in [1.82, 2.24) is 0 Å².